The van der Waals surface area contributed by atoms with Gasteiger partial charge in [0, 0.05) is 37.9 Å². The van der Waals surface area contributed by atoms with Gasteiger partial charge in [0.1, 0.15) is 0 Å². The fraction of sp³-hybridized carbons (Fsp3) is 0.318. The highest BCUT2D eigenvalue weighted by molar-refractivity contribution is 5.92. The molecule has 12 heteroatoms. The van der Waals surface area contributed by atoms with Crippen LogP contribution in [-0.2, 0) is 23.3 Å². The van der Waals surface area contributed by atoms with Crippen LogP contribution >= 0.6 is 0 Å². The van der Waals surface area contributed by atoms with Gasteiger partial charge in [-0.15, -0.1) is 0 Å². The molecule has 0 spiro atoms. The topological polar surface area (TPSA) is 23.6 Å². The molecule has 2 aromatic rings. The lowest BCUT2D eigenvalue weighted by Crippen LogP contribution is -2.48. The van der Waals surface area contributed by atoms with E-state index in [9.17, 15) is 44.3 Å². The minimum Gasteiger partial charge on any atom is -0.367 e. The van der Waals surface area contributed by atoms with Crippen LogP contribution in [-0.4, -0.2) is 37.0 Å². The van der Waals surface area contributed by atoms with E-state index in [-0.39, 0.29) is 26.2 Å². The Morgan fingerprint density at radius 2 is 1.24 bits per heavy atom. The normalized spacial score (nSPS) is 15.8. The van der Waals surface area contributed by atoms with Crippen molar-refractivity contribution < 1.29 is 44.3 Å². The SMILES string of the molecule is O=C(/C=C\c1ccc(C(F)(F)F)cc1)N1CCN(c2cc(C(F)(F)F)ccc2C(F)(F)F)CC1. The van der Waals surface area contributed by atoms with Gasteiger partial charge in [-0.25, -0.2) is 0 Å². The smallest absolute Gasteiger partial charge is 0.367 e. The molecule has 1 heterocycles. The zero-order chi connectivity index (χ0) is 25.3. The van der Waals surface area contributed by atoms with Gasteiger partial charge in [-0.1, -0.05) is 12.1 Å². The van der Waals surface area contributed by atoms with Gasteiger partial charge in [0.2, 0.25) is 5.91 Å². The molecule has 3 rings (SSSR count). The first-order chi connectivity index (χ1) is 15.7. The van der Waals surface area contributed by atoms with Crippen molar-refractivity contribution in [1.29, 1.82) is 0 Å². The molecule has 184 valence electrons. The molecular weight excluding hydrogens is 479 g/mol. The van der Waals surface area contributed by atoms with E-state index in [4.69, 9.17) is 0 Å². The number of piperazine rings is 1. The van der Waals surface area contributed by atoms with Gasteiger partial charge in [0.05, 0.1) is 16.7 Å². The van der Waals surface area contributed by atoms with Crippen LogP contribution in [0.2, 0.25) is 0 Å². The Bertz CT molecular complexity index is 1050. The lowest BCUT2D eigenvalue weighted by atomic mass is 10.1. The third-order valence-corrected chi connectivity index (χ3v) is 5.22. The van der Waals surface area contributed by atoms with E-state index in [0.717, 1.165) is 23.1 Å². The Morgan fingerprint density at radius 3 is 1.74 bits per heavy atom. The Hall–Kier alpha value is -3.18. The molecule has 2 aromatic carbocycles. The second kappa shape index (κ2) is 9.22. The molecule has 1 fully saturated rings. The molecule has 34 heavy (non-hydrogen) atoms. The average Bonchev–Trinajstić information content (AvgIpc) is 2.75. The van der Waals surface area contributed by atoms with Crippen molar-refractivity contribution in [2.24, 2.45) is 0 Å². The zero-order valence-electron chi connectivity index (χ0n) is 17.2. The van der Waals surface area contributed by atoms with Crippen LogP contribution in [0, 0.1) is 0 Å². The Labute approximate surface area is 188 Å². The molecule has 0 radical (unpaired) electrons. The number of hydrogen-bond acceptors (Lipinski definition) is 2. The summed E-state index contributed by atoms with van der Waals surface area (Å²) in [5.41, 5.74) is -3.55. The first-order valence-electron chi connectivity index (χ1n) is 9.84. The molecular formula is C22H17F9N2O. The van der Waals surface area contributed by atoms with Crippen molar-refractivity contribution in [3.8, 4) is 0 Å². The van der Waals surface area contributed by atoms with Crippen LogP contribution in [0.4, 0.5) is 45.2 Å². The van der Waals surface area contributed by atoms with Crippen LogP contribution in [0.25, 0.3) is 6.08 Å². The molecule has 0 aromatic heterocycles. The predicted octanol–water partition coefficient (Wildman–Crippen LogP) is 6.11. The maximum Gasteiger partial charge on any atom is 0.418 e. The molecule has 1 aliphatic rings. The fourth-order valence-electron chi connectivity index (χ4n) is 3.43. The predicted molar refractivity (Wildman–Crippen MR) is 106 cm³/mol. The summed E-state index contributed by atoms with van der Waals surface area (Å²) in [6.07, 6.45) is -11.8. The Balaban J connectivity index is 1.69. The van der Waals surface area contributed by atoms with E-state index in [0.29, 0.717) is 23.8 Å². The number of halogens is 9. The number of benzene rings is 2. The largest absolute Gasteiger partial charge is 0.418 e. The molecule has 3 nitrogen and oxygen atoms in total. The van der Waals surface area contributed by atoms with Crippen LogP contribution in [0.1, 0.15) is 22.3 Å². The van der Waals surface area contributed by atoms with Crippen LogP contribution in [0.15, 0.2) is 48.5 Å². The summed E-state index contributed by atoms with van der Waals surface area (Å²) in [5, 5.41) is 0. The van der Waals surface area contributed by atoms with E-state index in [1.54, 1.807) is 0 Å². The van der Waals surface area contributed by atoms with Crippen molar-refractivity contribution in [2.45, 2.75) is 18.5 Å². The molecule has 1 saturated heterocycles. The van der Waals surface area contributed by atoms with Crippen molar-refractivity contribution in [3.63, 3.8) is 0 Å². The van der Waals surface area contributed by atoms with Crippen molar-refractivity contribution in [2.75, 3.05) is 31.1 Å². The minimum atomic E-state index is -4.86. The van der Waals surface area contributed by atoms with Gasteiger partial charge in [0.25, 0.3) is 0 Å². The minimum absolute atomic E-state index is 0.0519. The number of carbonyl (C=O) groups is 1. The van der Waals surface area contributed by atoms with E-state index >= 15 is 0 Å². The van der Waals surface area contributed by atoms with Gasteiger partial charge < -0.3 is 9.80 Å². The monoisotopic (exact) mass is 496 g/mol. The van der Waals surface area contributed by atoms with Crippen molar-refractivity contribution in [1.82, 2.24) is 4.90 Å². The molecule has 0 N–H and O–H groups in total. The number of hydrogen-bond donors (Lipinski definition) is 0. The molecule has 1 amide bonds. The van der Waals surface area contributed by atoms with Crippen LogP contribution in [0.5, 0.6) is 0 Å². The van der Waals surface area contributed by atoms with E-state index in [1.807, 2.05) is 0 Å². The molecule has 0 aliphatic carbocycles. The molecule has 0 atom stereocenters. The molecule has 0 unspecified atom stereocenters. The third kappa shape index (κ3) is 6.03. The van der Waals surface area contributed by atoms with E-state index in [1.165, 1.54) is 23.1 Å². The summed E-state index contributed by atoms with van der Waals surface area (Å²) in [6.45, 7) is -0.373. The Kier molecular flexibility index (Phi) is 6.90. The zero-order valence-corrected chi connectivity index (χ0v) is 17.2. The van der Waals surface area contributed by atoms with Gasteiger partial charge in [-0.05, 0) is 42.0 Å². The first kappa shape index (κ1) is 25.4. The number of carbonyl (C=O) groups excluding carboxylic acids is 1. The van der Waals surface area contributed by atoms with Crippen LogP contribution in [0.3, 0.4) is 0 Å². The lowest BCUT2D eigenvalue weighted by Gasteiger charge is -2.37. The maximum atomic E-state index is 13.3. The summed E-state index contributed by atoms with van der Waals surface area (Å²) < 4.78 is 117. The second-order valence-corrected chi connectivity index (χ2v) is 7.49. The highest BCUT2D eigenvalue weighted by Crippen LogP contribution is 2.40. The number of amides is 1. The van der Waals surface area contributed by atoms with Crippen molar-refractivity contribution in [3.05, 3.63) is 70.8 Å². The number of rotatable bonds is 3. The number of nitrogens with zero attached hydrogens (tertiary/aromatic N) is 2. The average molecular weight is 496 g/mol. The van der Waals surface area contributed by atoms with Gasteiger partial charge >= 0.3 is 18.5 Å². The number of anilines is 1. The highest BCUT2D eigenvalue weighted by Gasteiger charge is 2.39. The molecule has 0 bridgehead atoms. The Morgan fingerprint density at radius 1 is 0.706 bits per heavy atom. The van der Waals surface area contributed by atoms with Crippen LogP contribution < -0.4 is 4.90 Å². The maximum absolute atomic E-state index is 13.3. The quantitative estimate of drug-likeness (QED) is 0.379. The summed E-state index contributed by atoms with van der Waals surface area (Å²) in [7, 11) is 0. The molecule has 0 saturated carbocycles. The number of alkyl halides is 9. The third-order valence-electron chi connectivity index (χ3n) is 5.22. The van der Waals surface area contributed by atoms with Gasteiger partial charge in [-0.2, -0.15) is 39.5 Å². The lowest BCUT2D eigenvalue weighted by molar-refractivity contribution is -0.141. The van der Waals surface area contributed by atoms with E-state index < -0.39 is 46.8 Å². The fourth-order valence-corrected chi connectivity index (χ4v) is 3.43. The molecule has 1 aliphatic heterocycles. The standard InChI is InChI=1S/C22H17F9N2O/c23-20(24,25)15-4-1-14(2-5-15)3-8-19(34)33-11-9-32(10-12-33)18-13-16(21(26,27)28)6-7-17(18)22(29,30)31/h1-8,13H,9-12H2/b8-3-. The summed E-state index contributed by atoms with van der Waals surface area (Å²) >= 11 is 0. The summed E-state index contributed by atoms with van der Waals surface area (Å²) in [6, 6.07) is 5.28. The highest BCUT2D eigenvalue weighted by atomic mass is 19.4. The van der Waals surface area contributed by atoms with Gasteiger partial charge in [0.15, 0.2) is 0 Å². The van der Waals surface area contributed by atoms with Gasteiger partial charge in [-0.3, -0.25) is 4.79 Å². The van der Waals surface area contributed by atoms with Crippen molar-refractivity contribution >= 4 is 17.7 Å². The first-order valence-corrected chi connectivity index (χ1v) is 9.84. The second-order valence-electron chi connectivity index (χ2n) is 7.49. The summed E-state index contributed by atoms with van der Waals surface area (Å²) in [5.74, 6) is -0.528. The van der Waals surface area contributed by atoms with E-state index in [2.05, 4.69) is 0 Å². The summed E-state index contributed by atoms with van der Waals surface area (Å²) in [4.78, 5) is 14.8.